The molecule has 1 aliphatic carbocycles. The SMILES string of the molecule is C1=C(c2ccc(CN3CCCC3)cc2)CCC(C2CCN(C3CCC3)CC2)=N1. The zero-order valence-electron chi connectivity index (χ0n) is 17.3. The number of hydrogen-bond donors (Lipinski definition) is 0. The van der Waals surface area contributed by atoms with Gasteiger partial charge >= 0.3 is 0 Å². The van der Waals surface area contributed by atoms with E-state index < -0.39 is 0 Å². The fourth-order valence-electron chi connectivity index (χ4n) is 5.45. The van der Waals surface area contributed by atoms with Gasteiger partial charge in [-0.2, -0.15) is 0 Å². The maximum absolute atomic E-state index is 4.95. The topological polar surface area (TPSA) is 18.8 Å². The molecule has 28 heavy (non-hydrogen) atoms. The molecular weight excluding hydrogens is 342 g/mol. The number of aliphatic imine (C=N–C) groups is 1. The Kier molecular flexibility index (Phi) is 5.64. The number of benzene rings is 1. The van der Waals surface area contributed by atoms with Gasteiger partial charge < -0.3 is 4.90 Å². The van der Waals surface area contributed by atoms with E-state index in [0.717, 1.165) is 31.3 Å². The molecule has 0 spiro atoms. The summed E-state index contributed by atoms with van der Waals surface area (Å²) in [7, 11) is 0. The van der Waals surface area contributed by atoms with Crippen molar-refractivity contribution in [2.75, 3.05) is 26.2 Å². The van der Waals surface area contributed by atoms with Crippen LogP contribution in [0.4, 0.5) is 0 Å². The lowest BCUT2D eigenvalue weighted by Gasteiger charge is -2.42. The fourth-order valence-corrected chi connectivity index (χ4v) is 5.45. The first-order valence-corrected chi connectivity index (χ1v) is 11.7. The van der Waals surface area contributed by atoms with Gasteiger partial charge in [0.15, 0.2) is 0 Å². The molecule has 0 bridgehead atoms. The van der Waals surface area contributed by atoms with E-state index in [4.69, 9.17) is 4.99 Å². The van der Waals surface area contributed by atoms with E-state index in [0.29, 0.717) is 0 Å². The molecule has 0 amide bonds. The van der Waals surface area contributed by atoms with Crippen molar-refractivity contribution in [3.8, 4) is 0 Å². The third-order valence-corrected chi connectivity index (χ3v) is 7.56. The first kappa shape index (κ1) is 18.6. The lowest BCUT2D eigenvalue weighted by molar-refractivity contribution is 0.0956. The van der Waals surface area contributed by atoms with Crippen LogP contribution in [0.15, 0.2) is 35.5 Å². The number of nitrogens with zero attached hydrogens (tertiary/aromatic N) is 3. The van der Waals surface area contributed by atoms with E-state index >= 15 is 0 Å². The maximum Gasteiger partial charge on any atom is 0.0305 e. The Hall–Kier alpha value is -1.45. The predicted octanol–water partition coefficient (Wildman–Crippen LogP) is 5.12. The van der Waals surface area contributed by atoms with Gasteiger partial charge in [-0.3, -0.25) is 9.89 Å². The van der Waals surface area contributed by atoms with E-state index in [9.17, 15) is 0 Å². The molecular formula is C25H35N3. The van der Waals surface area contributed by atoms with Crippen LogP contribution in [0.1, 0.15) is 68.9 Å². The minimum Gasteiger partial charge on any atom is -0.300 e. The standard InChI is InChI=1S/C25H35N3/c1-2-15-27(14-1)19-20-6-8-21(9-7-20)23-10-11-25(26-18-23)22-12-16-28(17-13-22)24-4-3-5-24/h6-9,18,22,24H,1-5,10-17,19H2. The van der Waals surface area contributed by atoms with Crippen LogP contribution in [0, 0.1) is 5.92 Å². The summed E-state index contributed by atoms with van der Waals surface area (Å²) in [6, 6.07) is 10.2. The molecule has 4 aliphatic rings. The summed E-state index contributed by atoms with van der Waals surface area (Å²) < 4.78 is 0. The largest absolute Gasteiger partial charge is 0.300 e. The number of rotatable bonds is 5. The van der Waals surface area contributed by atoms with Crippen molar-refractivity contribution in [2.24, 2.45) is 10.9 Å². The Morgan fingerprint density at radius 2 is 1.57 bits per heavy atom. The highest BCUT2D eigenvalue weighted by Crippen LogP contribution is 2.32. The Morgan fingerprint density at radius 1 is 0.821 bits per heavy atom. The van der Waals surface area contributed by atoms with Crippen molar-refractivity contribution in [3.63, 3.8) is 0 Å². The van der Waals surface area contributed by atoms with Crippen LogP contribution in [0.25, 0.3) is 5.57 Å². The molecule has 2 saturated heterocycles. The average Bonchev–Trinajstić information content (AvgIpc) is 3.21. The second-order valence-corrected chi connectivity index (χ2v) is 9.35. The van der Waals surface area contributed by atoms with Gasteiger partial charge in [-0.05, 0) is 100 Å². The van der Waals surface area contributed by atoms with E-state index in [1.807, 2.05) is 0 Å². The van der Waals surface area contributed by atoms with Crippen LogP contribution in [-0.2, 0) is 6.54 Å². The first-order chi connectivity index (χ1) is 13.8. The van der Waals surface area contributed by atoms with Crippen molar-refractivity contribution < 1.29 is 0 Å². The summed E-state index contributed by atoms with van der Waals surface area (Å²) in [5, 5.41) is 0. The van der Waals surface area contributed by atoms with E-state index in [2.05, 4.69) is 40.3 Å². The third kappa shape index (κ3) is 4.11. The van der Waals surface area contributed by atoms with Gasteiger partial charge in [0.25, 0.3) is 0 Å². The van der Waals surface area contributed by atoms with Crippen LogP contribution in [0.2, 0.25) is 0 Å². The van der Waals surface area contributed by atoms with Gasteiger partial charge in [0.05, 0.1) is 0 Å². The average molecular weight is 378 g/mol. The highest BCUT2D eigenvalue weighted by Gasteiger charge is 2.30. The Morgan fingerprint density at radius 3 is 2.18 bits per heavy atom. The molecule has 1 aromatic carbocycles. The summed E-state index contributed by atoms with van der Waals surface area (Å²) >= 11 is 0. The molecule has 3 fully saturated rings. The lowest BCUT2D eigenvalue weighted by Crippen LogP contribution is -2.45. The smallest absolute Gasteiger partial charge is 0.0305 e. The number of likely N-dealkylation sites (tertiary alicyclic amines) is 2. The van der Waals surface area contributed by atoms with Crippen molar-refractivity contribution in [1.29, 1.82) is 0 Å². The van der Waals surface area contributed by atoms with Gasteiger partial charge in [-0.25, -0.2) is 0 Å². The zero-order chi connectivity index (χ0) is 18.8. The minimum atomic E-state index is 0.733. The van der Waals surface area contributed by atoms with Gasteiger partial charge in [0.1, 0.15) is 0 Å². The van der Waals surface area contributed by atoms with Crippen LogP contribution in [-0.4, -0.2) is 47.7 Å². The van der Waals surface area contributed by atoms with Crippen molar-refractivity contribution in [1.82, 2.24) is 9.80 Å². The first-order valence-electron chi connectivity index (χ1n) is 11.7. The van der Waals surface area contributed by atoms with Crippen LogP contribution in [0.5, 0.6) is 0 Å². The fraction of sp³-hybridized carbons (Fsp3) is 0.640. The van der Waals surface area contributed by atoms with Crippen molar-refractivity contribution in [2.45, 2.75) is 70.4 Å². The van der Waals surface area contributed by atoms with Crippen molar-refractivity contribution in [3.05, 3.63) is 41.6 Å². The Bertz CT molecular complexity index is 715. The van der Waals surface area contributed by atoms with E-state index in [-0.39, 0.29) is 0 Å². The molecule has 0 atom stereocenters. The molecule has 1 saturated carbocycles. The molecule has 150 valence electrons. The van der Waals surface area contributed by atoms with Crippen molar-refractivity contribution >= 4 is 11.3 Å². The Balaban J connectivity index is 1.17. The third-order valence-electron chi connectivity index (χ3n) is 7.56. The van der Waals surface area contributed by atoms with Crippen LogP contribution >= 0.6 is 0 Å². The summed E-state index contributed by atoms with van der Waals surface area (Å²) in [5.74, 6) is 0.733. The lowest BCUT2D eigenvalue weighted by atomic mass is 9.84. The summed E-state index contributed by atoms with van der Waals surface area (Å²) in [6.07, 6.45) is 14.2. The number of hydrogen-bond acceptors (Lipinski definition) is 3. The molecule has 0 N–H and O–H groups in total. The number of piperidine rings is 1. The minimum absolute atomic E-state index is 0.733. The maximum atomic E-state index is 4.95. The van der Waals surface area contributed by atoms with E-state index in [1.165, 1.54) is 93.5 Å². The summed E-state index contributed by atoms with van der Waals surface area (Å²) in [4.78, 5) is 10.3. The van der Waals surface area contributed by atoms with Gasteiger partial charge in [0.2, 0.25) is 0 Å². The molecule has 1 aromatic rings. The van der Waals surface area contributed by atoms with Gasteiger partial charge in [-0.15, -0.1) is 0 Å². The monoisotopic (exact) mass is 377 g/mol. The van der Waals surface area contributed by atoms with Crippen LogP contribution in [0.3, 0.4) is 0 Å². The van der Waals surface area contributed by atoms with E-state index in [1.54, 1.807) is 0 Å². The highest BCUT2D eigenvalue weighted by atomic mass is 15.2. The second kappa shape index (κ2) is 8.51. The molecule has 3 aliphatic heterocycles. The zero-order valence-corrected chi connectivity index (χ0v) is 17.3. The van der Waals surface area contributed by atoms with Crippen LogP contribution < -0.4 is 0 Å². The summed E-state index contributed by atoms with van der Waals surface area (Å²) in [5.41, 5.74) is 5.71. The quantitative estimate of drug-likeness (QED) is 0.709. The predicted molar refractivity (Wildman–Crippen MR) is 118 cm³/mol. The number of allylic oxidation sites excluding steroid dienone is 1. The summed E-state index contributed by atoms with van der Waals surface area (Å²) in [6.45, 7) is 6.24. The molecule has 3 nitrogen and oxygen atoms in total. The normalized spacial score (nSPS) is 25.4. The van der Waals surface area contributed by atoms with Gasteiger partial charge in [0, 0.05) is 24.5 Å². The Labute approximate surface area is 170 Å². The molecule has 3 heteroatoms. The molecule has 0 aromatic heterocycles. The highest BCUT2D eigenvalue weighted by molar-refractivity contribution is 5.91. The molecule has 3 heterocycles. The molecule has 5 rings (SSSR count). The molecule has 0 unspecified atom stereocenters. The van der Waals surface area contributed by atoms with Gasteiger partial charge in [-0.1, -0.05) is 30.7 Å². The molecule has 0 radical (unpaired) electrons. The second-order valence-electron chi connectivity index (χ2n) is 9.35.